The zero-order valence-corrected chi connectivity index (χ0v) is 13.5. The van der Waals surface area contributed by atoms with E-state index in [-0.39, 0.29) is 11.9 Å². The molecule has 0 spiro atoms. The fraction of sp³-hybridized carbons (Fsp3) is 0.235. The van der Waals surface area contributed by atoms with Crippen molar-refractivity contribution in [2.24, 2.45) is 5.16 Å². The van der Waals surface area contributed by atoms with Crippen molar-refractivity contribution >= 4 is 17.3 Å². The molecule has 0 bridgehead atoms. The van der Waals surface area contributed by atoms with E-state index in [2.05, 4.69) is 5.16 Å². The minimum atomic E-state index is -0.241. The summed E-state index contributed by atoms with van der Waals surface area (Å²) in [6.45, 7) is 0. The summed E-state index contributed by atoms with van der Waals surface area (Å²) < 4.78 is 10.5. The molecule has 1 atom stereocenters. The number of rotatable bonds is 4. The summed E-state index contributed by atoms with van der Waals surface area (Å²) in [6.07, 6.45) is 0.270. The third-order valence-corrected chi connectivity index (χ3v) is 3.92. The molecule has 23 heavy (non-hydrogen) atoms. The number of nitrogens with zero attached hydrogens (tertiary/aromatic N) is 1. The topological polar surface area (TPSA) is 60.3 Å². The van der Waals surface area contributed by atoms with Crippen molar-refractivity contribution in [2.75, 3.05) is 14.2 Å². The molecule has 0 amide bonds. The van der Waals surface area contributed by atoms with E-state index in [0.717, 1.165) is 5.56 Å². The molecule has 0 radical (unpaired) electrons. The Balaban J connectivity index is 1.89. The van der Waals surface area contributed by atoms with Gasteiger partial charge < -0.3 is 19.4 Å². The van der Waals surface area contributed by atoms with Crippen LogP contribution in [0.25, 0.3) is 0 Å². The van der Waals surface area contributed by atoms with Gasteiger partial charge in [-0.1, -0.05) is 28.9 Å². The van der Waals surface area contributed by atoms with Gasteiger partial charge in [-0.15, -0.1) is 0 Å². The summed E-state index contributed by atoms with van der Waals surface area (Å²) in [5.74, 6) is 1.03. The Hall–Kier alpha value is -2.40. The van der Waals surface area contributed by atoms with Crippen molar-refractivity contribution in [1.82, 2.24) is 0 Å². The zero-order valence-electron chi connectivity index (χ0n) is 12.7. The number of oxime groups is 1. The minimum absolute atomic E-state index is 0.0373. The second kappa shape index (κ2) is 6.38. The fourth-order valence-corrected chi connectivity index (χ4v) is 2.75. The number of phenolic OH excluding ortho intramolecular Hbond substituents is 1. The molecule has 120 valence electrons. The molecule has 6 heteroatoms. The van der Waals surface area contributed by atoms with Gasteiger partial charge >= 0.3 is 0 Å². The Labute approximate surface area is 139 Å². The molecule has 1 aliphatic heterocycles. The Bertz CT molecular complexity index is 760. The van der Waals surface area contributed by atoms with E-state index >= 15 is 0 Å². The average Bonchev–Trinajstić information content (AvgIpc) is 3.03. The molecule has 2 aromatic rings. The van der Waals surface area contributed by atoms with Gasteiger partial charge in [0.05, 0.1) is 25.5 Å². The predicted molar refractivity (Wildman–Crippen MR) is 87.6 cm³/mol. The summed E-state index contributed by atoms with van der Waals surface area (Å²) in [4.78, 5) is 5.50. The van der Waals surface area contributed by atoms with Crippen LogP contribution in [0.5, 0.6) is 17.2 Å². The lowest BCUT2D eigenvalue weighted by Gasteiger charge is -2.12. The van der Waals surface area contributed by atoms with Gasteiger partial charge in [-0.05, 0) is 17.7 Å². The maximum absolute atomic E-state index is 10.3. The molecule has 0 saturated carbocycles. The number of aromatic hydroxyl groups is 1. The van der Waals surface area contributed by atoms with Gasteiger partial charge in [0.15, 0.2) is 6.10 Å². The Morgan fingerprint density at radius 3 is 2.74 bits per heavy atom. The van der Waals surface area contributed by atoms with Gasteiger partial charge in [-0.2, -0.15) is 0 Å². The summed E-state index contributed by atoms with van der Waals surface area (Å²) >= 11 is 6.02. The van der Waals surface area contributed by atoms with E-state index in [1.54, 1.807) is 12.1 Å². The molecule has 0 aromatic heterocycles. The van der Waals surface area contributed by atoms with Gasteiger partial charge in [0.1, 0.15) is 17.2 Å². The molecule has 1 unspecified atom stereocenters. The summed E-state index contributed by atoms with van der Waals surface area (Å²) in [5, 5.41) is 15.0. The van der Waals surface area contributed by atoms with Crippen LogP contribution in [0.4, 0.5) is 0 Å². The molecule has 1 heterocycles. The third-order valence-electron chi connectivity index (χ3n) is 3.69. The van der Waals surface area contributed by atoms with Crippen molar-refractivity contribution < 1.29 is 19.4 Å². The first-order chi connectivity index (χ1) is 11.1. The standard InChI is InChI=1S/C17H16ClNO4/c1-21-12-7-14(20)17(16(8-12)22-2)13-9-15(23-19-13)10-4-3-5-11(18)6-10/h3-8,15,20H,9H2,1-2H3. The van der Waals surface area contributed by atoms with Crippen molar-refractivity contribution in [2.45, 2.75) is 12.5 Å². The number of hydrogen-bond donors (Lipinski definition) is 1. The van der Waals surface area contributed by atoms with E-state index < -0.39 is 0 Å². The van der Waals surface area contributed by atoms with E-state index in [0.29, 0.717) is 34.2 Å². The maximum atomic E-state index is 10.3. The fourth-order valence-electron chi connectivity index (χ4n) is 2.56. The SMILES string of the molecule is COc1cc(O)c(C2=NOC(c3cccc(Cl)c3)C2)c(OC)c1. The molecule has 3 rings (SSSR count). The highest BCUT2D eigenvalue weighted by Crippen LogP contribution is 2.39. The Morgan fingerprint density at radius 1 is 1.22 bits per heavy atom. The van der Waals surface area contributed by atoms with Crippen LogP contribution in [-0.4, -0.2) is 25.0 Å². The van der Waals surface area contributed by atoms with Crippen LogP contribution < -0.4 is 9.47 Å². The molecule has 1 N–H and O–H groups in total. The number of methoxy groups -OCH3 is 2. The van der Waals surface area contributed by atoms with Crippen molar-refractivity contribution in [3.63, 3.8) is 0 Å². The second-order valence-corrected chi connectivity index (χ2v) is 5.55. The number of hydrogen-bond acceptors (Lipinski definition) is 5. The quantitative estimate of drug-likeness (QED) is 0.921. The Kier molecular flexibility index (Phi) is 4.30. The lowest BCUT2D eigenvalue weighted by Crippen LogP contribution is -2.04. The van der Waals surface area contributed by atoms with E-state index in [4.69, 9.17) is 25.9 Å². The largest absolute Gasteiger partial charge is 0.507 e. The highest BCUT2D eigenvalue weighted by molar-refractivity contribution is 6.30. The van der Waals surface area contributed by atoms with Crippen LogP contribution in [-0.2, 0) is 4.84 Å². The number of ether oxygens (including phenoxy) is 2. The first-order valence-corrected chi connectivity index (χ1v) is 7.43. The van der Waals surface area contributed by atoms with Gasteiger partial charge in [0.2, 0.25) is 0 Å². The highest BCUT2D eigenvalue weighted by atomic mass is 35.5. The first-order valence-electron chi connectivity index (χ1n) is 7.06. The van der Waals surface area contributed by atoms with Gasteiger partial charge in [0, 0.05) is 23.6 Å². The smallest absolute Gasteiger partial charge is 0.158 e. The van der Waals surface area contributed by atoms with Crippen LogP contribution >= 0.6 is 11.6 Å². The van der Waals surface area contributed by atoms with Crippen LogP contribution in [0.1, 0.15) is 23.7 Å². The van der Waals surface area contributed by atoms with Crippen molar-refractivity contribution in [1.29, 1.82) is 0 Å². The van der Waals surface area contributed by atoms with E-state index in [1.165, 1.54) is 20.3 Å². The van der Waals surface area contributed by atoms with Gasteiger partial charge in [-0.25, -0.2) is 0 Å². The first kappa shape index (κ1) is 15.5. The van der Waals surface area contributed by atoms with Gasteiger partial charge in [0.25, 0.3) is 0 Å². The zero-order chi connectivity index (χ0) is 16.4. The molecular formula is C17H16ClNO4. The van der Waals surface area contributed by atoms with E-state index in [9.17, 15) is 5.11 Å². The van der Waals surface area contributed by atoms with Crippen molar-refractivity contribution in [3.8, 4) is 17.2 Å². The van der Waals surface area contributed by atoms with Crippen LogP contribution in [0.15, 0.2) is 41.6 Å². The molecular weight excluding hydrogens is 318 g/mol. The maximum Gasteiger partial charge on any atom is 0.158 e. The molecule has 0 aliphatic carbocycles. The lowest BCUT2D eigenvalue weighted by molar-refractivity contribution is 0.0857. The Morgan fingerprint density at radius 2 is 2.04 bits per heavy atom. The highest BCUT2D eigenvalue weighted by Gasteiger charge is 2.28. The molecule has 1 aliphatic rings. The lowest BCUT2D eigenvalue weighted by atomic mass is 9.99. The number of halogens is 1. The molecule has 2 aromatic carbocycles. The average molecular weight is 334 g/mol. The summed E-state index contributed by atoms with van der Waals surface area (Å²) in [6, 6.07) is 10.7. The second-order valence-electron chi connectivity index (χ2n) is 5.11. The monoisotopic (exact) mass is 333 g/mol. The normalized spacial score (nSPS) is 16.7. The predicted octanol–water partition coefficient (Wildman–Crippen LogP) is 3.93. The molecule has 0 saturated heterocycles. The van der Waals surface area contributed by atoms with E-state index in [1.807, 2.05) is 18.2 Å². The van der Waals surface area contributed by atoms with Crippen LogP contribution in [0, 0.1) is 0 Å². The van der Waals surface area contributed by atoms with Crippen molar-refractivity contribution in [3.05, 3.63) is 52.5 Å². The minimum Gasteiger partial charge on any atom is -0.507 e. The van der Waals surface area contributed by atoms with Crippen LogP contribution in [0.3, 0.4) is 0 Å². The summed E-state index contributed by atoms with van der Waals surface area (Å²) in [5.41, 5.74) is 2.06. The number of phenols is 1. The number of benzene rings is 2. The molecule has 0 fully saturated rings. The van der Waals surface area contributed by atoms with Gasteiger partial charge in [-0.3, -0.25) is 0 Å². The van der Waals surface area contributed by atoms with Crippen LogP contribution in [0.2, 0.25) is 5.02 Å². The molecule has 5 nitrogen and oxygen atoms in total. The third kappa shape index (κ3) is 3.05. The summed E-state index contributed by atoms with van der Waals surface area (Å²) in [7, 11) is 3.06.